The van der Waals surface area contributed by atoms with Crippen LogP contribution >= 0.6 is 0 Å². The predicted molar refractivity (Wildman–Crippen MR) is 121 cm³/mol. The number of carbonyl (C=O) groups excluding carboxylic acids is 1. The van der Waals surface area contributed by atoms with Gasteiger partial charge in [0.25, 0.3) is 0 Å². The van der Waals surface area contributed by atoms with Crippen molar-refractivity contribution >= 4 is 22.5 Å². The van der Waals surface area contributed by atoms with Crippen LogP contribution in [-0.4, -0.2) is 35.3 Å². The van der Waals surface area contributed by atoms with Gasteiger partial charge in [0, 0.05) is 53.9 Å². The van der Waals surface area contributed by atoms with Gasteiger partial charge in [-0.15, -0.1) is 0 Å². The number of amides is 1. The summed E-state index contributed by atoms with van der Waals surface area (Å²) in [6.45, 7) is 4.42. The Morgan fingerprint density at radius 1 is 1.06 bits per heavy atom. The summed E-state index contributed by atoms with van der Waals surface area (Å²) in [7, 11) is 0. The Morgan fingerprint density at radius 2 is 1.94 bits per heavy atom. The standard InChI is InChI=1S/C24H23N7O/c1-16-19(17(2)31-24(28-16)20-8-3-4-9-21(20)29-31)10-11-22(32)26-15-18-7-5-12-25-23(18)30-14-6-13-27-30/h3-9,12-14H,10-11,15H2,1-2H3,(H,26,32). The third kappa shape index (κ3) is 3.60. The van der Waals surface area contributed by atoms with Crippen molar-refractivity contribution in [2.75, 3.05) is 0 Å². The molecule has 0 aliphatic carbocycles. The van der Waals surface area contributed by atoms with Crippen molar-refractivity contribution in [3.63, 3.8) is 0 Å². The highest BCUT2D eigenvalue weighted by atomic mass is 16.1. The second-order valence-corrected chi connectivity index (χ2v) is 7.73. The van der Waals surface area contributed by atoms with Crippen molar-refractivity contribution in [2.24, 2.45) is 0 Å². The van der Waals surface area contributed by atoms with Gasteiger partial charge in [-0.1, -0.05) is 18.2 Å². The summed E-state index contributed by atoms with van der Waals surface area (Å²) in [5.74, 6) is 0.690. The molecule has 0 saturated heterocycles. The number of carbonyl (C=O) groups is 1. The molecule has 1 N–H and O–H groups in total. The monoisotopic (exact) mass is 425 g/mol. The van der Waals surface area contributed by atoms with Crippen LogP contribution < -0.4 is 5.32 Å². The molecule has 5 aromatic rings. The van der Waals surface area contributed by atoms with Crippen molar-refractivity contribution in [3.05, 3.63) is 83.6 Å². The molecule has 0 unspecified atom stereocenters. The zero-order valence-corrected chi connectivity index (χ0v) is 18.0. The average molecular weight is 425 g/mol. The molecule has 0 aliphatic heterocycles. The van der Waals surface area contributed by atoms with E-state index in [0.29, 0.717) is 25.2 Å². The molecule has 8 nitrogen and oxygen atoms in total. The second kappa shape index (κ2) is 8.22. The van der Waals surface area contributed by atoms with Gasteiger partial charge in [-0.2, -0.15) is 10.2 Å². The number of hydrogen-bond acceptors (Lipinski definition) is 5. The zero-order chi connectivity index (χ0) is 22.1. The summed E-state index contributed by atoms with van der Waals surface area (Å²) in [4.78, 5) is 21.8. The van der Waals surface area contributed by atoms with Gasteiger partial charge in [0.15, 0.2) is 11.5 Å². The fraction of sp³-hybridized carbons (Fsp3) is 0.208. The number of hydrogen-bond donors (Lipinski definition) is 1. The first-order valence-corrected chi connectivity index (χ1v) is 10.6. The van der Waals surface area contributed by atoms with Gasteiger partial charge in [-0.05, 0) is 50.1 Å². The number of aromatic nitrogens is 6. The Morgan fingerprint density at radius 3 is 2.78 bits per heavy atom. The van der Waals surface area contributed by atoms with Crippen LogP contribution in [0.2, 0.25) is 0 Å². The fourth-order valence-electron chi connectivity index (χ4n) is 4.03. The number of nitrogens with one attached hydrogen (secondary N) is 1. The van der Waals surface area contributed by atoms with Gasteiger partial charge in [0.05, 0.1) is 5.52 Å². The van der Waals surface area contributed by atoms with Crippen molar-refractivity contribution in [3.8, 4) is 5.82 Å². The summed E-state index contributed by atoms with van der Waals surface area (Å²) in [5, 5.41) is 13.0. The van der Waals surface area contributed by atoms with E-state index in [-0.39, 0.29) is 5.91 Å². The van der Waals surface area contributed by atoms with Gasteiger partial charge in [0.2, 0.25) is 5.91 Å². The first kappa shape index (κ1) is 19.9. The van der Waals surface area contributed by atoms with Crippen molar-refractivity contribution in [2.45, 2.75) is 33.2 Å². The van der Waals surface area contributed by atoms with E-state index in [1.165, 1.54) is 0 Å². The van der Waals surface area contributed by atoms with E-state index in [9.17, 15) is 4.79 Å². The third-order valence-corrected chi connectivity index (χ3v) is 5.69. The molecule has 1 amide bonds. The van der Waals surface area contributed by atoms with Crippen LogP contribution in [0.25, 0.3) is 22.4 Å². The maximum absolute atomic E-state index is 12.6. The van der Waals surface area contributed by atoms with E-state index in [0.717, 1.165) is 39.1 Å². The van der Waals surface area contributed by atoms with Crippen LogP contribution in [0.15, 0.2) is 61.1 Å². The molecular weight excluding hydrogens is 402 g/mol. The lowest BCUT2D eigenvalue weighted by molar-refractivity contribution is -0.121. The van der Waals surface area contributed by atoms with Crippen molar-refractivity contribution in [1.82, 2.24) is 34.7 Å². The van der Waals surface area contributed by atoms with Crippen LogP contribution in [0, 0.1) is 13.8 Å². The summed E-state index contributed by atoms with van der Waals surface area (Å²) in [6, 6.07) is 13.6. The number of nitrogens with zero attached hydrogens (tertiary/aromatic N) is 6. The minimum absolute atomic E-state index is 0.0233. The summed E-state index contributed by atoms with van der Waals surface area (Å²) >= 11 is 0. The van der Waals surface area contributed by atoms with E-state index in [4.69, 9.17) is 10.1 Å². The Balaban J connectivity index is 1.30. The van der Waals surface area contributed by atoms with Gasteiger partial charge >= 0.3 is 0 Å². The molecular formula is C24H23N7O. The normalized spacial score (nSPS) is 11.3. The highest BCUT2D eigenvalue weighted by Gasteiger charge is 2.15. The van der Waals surface area contributed by atoms with Gasteiger partial charge in [0.1, 0.15) is 0 Å². The van der Waals surface area contributed by atoms with Crippen LogP contribution in [0.5, 0.6) is 0 Å². The second-order valence-electron chi connectivity index (χ2n) is 7.73. The largest absolute Gasteiger partial charge is 0.352 e. The average Bonchev–Trinajstić information content (AvgIpc) is 3.46. The Hall–Kier alpha value is -4.07. The fourth-order valence-corrected chi connectivity index (χ4v) is 4.03. The topological polar surface area (TPSA) is 90.0 Å². The van der Waals surface area contributed by atoms with Crippen LogP contribution in [0.1, 0.15) is 28.9 Å². The van der Waals surface area contributed by atoms with E-state index in [1.807, 2.05) is 67.0 Å². The van der Waals surface area contributed by atoms with E-state index in [1.54, 1.807) is 17.1 Å². The summed E-state index contributed by atoms with van der Waals surface area (Å²) in [5.41, 5.74) is 5.68. The molecule has 4 heterocycles. The molecule has 0 aliphatic rings. The molecule has 0 atom stereocenters. The Bertz CT molecular complexity index is 1420. The highest BCUT2D eigenvalue weighted by molar-refractivity contribution is 5.92. The lowest BCUT2D eigenvalue weighted by Crippen LogP contribution is -2.24. The van der Waals surface area contributed by atoms with Gasteiger partial charge in [-0.3, -0.25) is 4.79 Å². The van der Waals surface area contributed by atoms with Crippen LogP contribution in [-0.2, 0) is 17.8 Å². The minimum atomic E-state index is -0.0233. The summed E-state index contributed by atoms with van der Waals surface area (Å²) < 4.78 is 3.58. The molecule has 32 heavy (non-hydrogen) atoms. The molecule has 0 spiro atoms. The molecule has 0 bridgehead atoms. The maximum atomic E-state index is 12.6. The van der Waals surface area contributed by atoms with Crippen molar-refractivity contribution in [1.29, 1.82) is 0 Å². The molecule has 1 aromatic carbocycles. The molecule has 5 rings (SSSR count). The third-order valence-electron chi connectivity index (χ3n) is 5.69. The minimum Gasteiger partial charge on any atom is -0.352 e. The highest BCUT2D eigenvalue weighted by Crippen LogP contribution is 2.23. The predicted octanol–water partition coefficient (Wildman–Crippen LogP) is 3.33. The Kier molecular flexibility index (Phi) is 5.10. The smallest absolute Gasteiger partial charge is 0.220 e. The maximum Gasteiger partial charge on any atom is 0.220 e. The lowest BCUT2D eigenvalue weighted by atomic mass is 10.1. The van der Waals surface area contributed by atoms with Crippen LogP contribution in [0.4, 0.5) is 0 Å². The van der Waals surface area contributed by atoms with Crippen molar-refractivity contribution < 1.29 is 4.79 Å². The first-order chi connectivity index (χ1) is 15.6. The Labute approximate surface area is 184 Å². The SMILES string of the molecule is Cc1nc2c3ccccc3nn2c(C)c1CCC(=O)NCc1cccnc1-n1cccn1. The number of pyridine rings is 1. The molecule has 0 fully saturated rings. The molecule has 0 radical (unpaired) electrons. The number of aryl methyl sites for hydroxylation is 2. The van der Waals surface area contributed by atoms with Crippen LogP contribution in [0.3, 0.4) is 0 Å². The van der Waals surface area contributed by atoms with Gasteiger partial charge in [-0.25, -0.2) is 19.2 Å². The van der Waals surface area contributed by atoms with E-state index >= 15 is 0 Å². The first-order valence-electron chi connectivity index (χ1n) is 10.6. The molecule has 0 saturated carbocycles. The molecule has 4 aromatic heterocycles. The lowest BCUT2D eigenvalue weighted by Gasteiger charge is -2.12. The molecule has 8 heteroatoms. The van der Waals surface area contributed by atoms with E-state index < -0.39 is 0 Å². The zero-order valence-electron chi connectivity index (χ0n) is 18.0. The number of benzene rings is 1. The summed E-state index contributed by atoms with van der Waals surface area (Å²) in [6.07, 6.45) is 6.22. The quantitative estimate of drug-likeness (QED) is 0.451. The van der Waals surface area contributed by atoms with Gasteiger partial charge < -0.3 is 5.32 Å². The number of rotatable bonds is 6. The number of fused-ring (bicyclic) bond motifs is 3. The van der Waals surface area contributed by atoms with E-state index in [2.05, 4.69) is 15.4 Å². The molecule has 160 valence electrons.